The third-order valence-electron chi connectivity index (χ3n) is 4.47. The fourth-order valence-electron chi connectivity index (χ4n) is 2.96. The van der Waals surface area contributed by atoms with Crippen molar-refractivity contribution in [2.75, 3.05) is 7.11 Å². The summed E-state index contributed by atoms with van der Waals surface area (Å²) in [4.78, 5) is 20.3. The van der Waals surface area contributed by atoms with Crippen LogP contribution in [0.1, 0.15) is 11.1 Å². The van der Waals surface area contributed by atoms with E-state index in [1.807, 2.05) is 91.0 Å². The molecule has 0 radical (unpaired) electrons. The van der Waals surface area contributed by atoms with Crippen LogP contribution in [0.5, 0.6) is 5.75 Å². The molecule has 0 atom stereocenters. The maximum atomic E-state index is 13.2. The number of hydrogen-bond acceptors (Lipinski definition) is 4. The van der Waals surface area contributed by atoms with E-state index in [0.717, 1.165) is 22.6 Å². The van der Waals surface area contributed by atoms with Crippen LogP contribution in [0.15, 0.2) is 94.8 Å². The number of carbonyl (C=O) groups is 1. The number of methoxy groups -OCH3 is 1. The minimum atomic E-state index is -0.0376. The number of carbonyl (C=O) groups excluding carboxylic acids is 1. The molecule has 5 heteroatoms. The lowest BCUT2D eigenvalue weighted by molar-refractivity contribution is -0.122. The summed E-state index contributed by atoms with van der Waals surface area (Å²) in [7, 11) is 1.64. The van der Waals surface area contributed by atoms with Gasteiger partial charge in [0.2, 0.25) is 0 Å². The Morgan fingerprint density at radius 2 is 1.59 bits per heavy atom. The summed E-state index contributed by atoms with van der Waals surface area (Å²) in [6, 6.07) is 27.3. The first-order chi connectivity index (χ1) is 14.2. The van der Waals surface area contributed by atoms with Crippen LogP contribution in [0, 0.1) is 0 Å². The summed E-state index contributed by atoms with van der Waals surface area (Å²) < 4.78 is 5.21. The highest BCUT2D eigenvalue weighted by Crippen LogP contribution is 2.35. The van der Waals surface area contributed by atoms with Crippen LogP contribution < -0.4 is 4.74 Å². The van der Waals surface area contributed by atoms with Crippen LogP contribution in [0.4, 0.5) is 5.69 Å². The molecule has 0 unspecified atom stereocenters. The predicted octanol–water partition coefficient (Wildman–Crippen LogP) is 5.50. The van der Waals surface area contributed by atoms with Crippen molar-refractivity contribution in [2.24, 2.45) is 4.99 Å². The first-order valence-corrected chi connectivity index (χ1v) is 10.1. The lowest BCUT2D eigenvalue weighted by Gasteiger charge is -2.15. The molecule has 29 heavy (non-hydrogen) atoms. The van der Waals surface area contributed by atoms with Gasteiger partial charge in [-0.25, -0.2) is 4.99 Å². The largest absolute Gasteiger partial charge is 0.497 e. The third kappa shape index (κ3) is 4.58. The molecule has 0 aliphatic carbocycles. The zero-order valence-corrected chi connectivity index (χ0v) is 16.8. The van der Waals surface area contributed by atoms with Gasteiger partial charge in [-0.3, -0.25) is 9.69 Å². The van der Waals surface area contributed by atoms with Gasteiger partial charge in [-0.15, -0.1) is 0 Å². The SMILES string of the molecule is COc1ccc(/C=C2/SC(=Nc3ccccc3)N(Cc3ccccc3)C2=O)cc1. The number of amidine groups is 1. The predicted molar refractivity (Wildman–Crippen MR) is 119 cm³/mol. The molecule has 0 bridgehead atoms. The van der Waals surface area contributed by atoms with E-state index in [0.29, 0.717) is 16.6 Å². The molecule has 1 amide bonds. The van der Waals surface area contributed by atoms with Crippen molar-refractivity contribution in [3.63, 3.8) is 0 Å². The van der Waals surface area contributed by atoms with Gasteiger partial charge in [-0.1, -0.05) is 60.7 Å². The Bertz CT molecular complexity index is 1050. The van der Waals surface area contributed by atoms with Crippen LogP contribution in [0.25, 0.3) is 6.08 Å². The molecule has 144 valence electrons. The third-order valence-corrected chi connectivity index (χ3v) is 5.47. The number of nitrogens with zero attached hydrogens (tertiary/aromatic N) is 2. The van der Waals surface area contributed by atoms with Crippen molar-refractivity contribution in [3.05, 3.63) is 101 Å². The van der Waals surface area contributed by atoms with Gasteiger partial charge in [-0.2, -0.15) is 0 Å². The molecule has 4 nitrogen and oxygen atoms in total. The normalized spacial score (nSPS) is 16.6. The molecule has 3 aromatic rings. The highest BCUT2D eigenvalue weighted by Gasteiger charge is 2.33. The van der Waals surface area contributed by atoms with Gasteiger partial charge in [0.25, 0.3) is 5.91 Å². The molecular formula is C24H20N2O2S. The Morgan fingerprint density at radius 3 is 2.24 bits per heavy atom. The van der Waals surface area contributed by atoms with Gasteiger partial charge < -0.3 is 4.74 Å². The fourth-order valence-corrected chi connectivity index (χ4v) is 3.96. The van der Waals surface area contributed by atoms with E-state index in [1.165, 1.54) is 11.8 Å². The molecule has 3 aromatic carbocycles. The number of amides is 1. The lowest BCUT2D eigenvalue weighted by Crippen LogP contribution is -2.28. The van der Waals surface area contributed by atoms with Gasteiger partial charge in [0.05, 0.1) is 24.2 Å². The Balaban J connectivity index is 1.67. The highest BCUT2D eigenvalue weighted by atomic mass is 32.2. The van der Waals surface area contributed by atoms with E-state index >= 15 is 0 Å². The van der Waals surface area contributed by atoms with E-state index in [1.54, 1.807) is 12.0 Å². The molecule has 0 spiro atoms. The fraction of sp³-hybridized carbons (Fsp3) is 0.0833. The first kappa shape index (κ1) is 19.0. The van der Waals surface area contributed by atoms with Crippen molar-refractivity contribution < 1.29 is 9.53 Å². The summed E-state index contributed by atoms with van der Waals surface area (Å²) in [6.45, 7) is 0.484. The van der Waals surface area contributed by atoms with Crippen molar-refractivity contribution in [2.45, 2.75) is 6.54 Å². The molecule has 1 aliphatic rings. The van der Waals surface area contributed by atoms with E-state index in [4.69, 9.17) is 9.73 Å². The quantitative estimate of drug-likeness (QED) is 0.531. The topological polar surface area (TPSA) is 41.9 Å². The summed E-state index contributed by atoms with van der Waals surface area (Å²) >= 11 is 1.40. The second-order valence-electron chi connectivity index (χ2n) is 6.49. The number of para-hydroxylation sites is 1. The van der Waals surface area contributed by atoms with Crippen LogP contribution in [-0.2, 0) is 11.3 Å². The number of hydrogen-bond donors (Lipinski definition) is 0. The number of thioether (sulfide) groups is 1. The smallest absolute Gasteiger partial charge is 0.267 e. The Hall–Kier alpha value is -3.31. The molecule has 1 aliphatic heterocycles. The van der Waals surface area contributed by atoms with Crippen molar-refractivity contribution in [1.82, 2.24) is 4.90 Å². The molecule has 1 heterocycles. The summed E-state index contributed by atoms with van der Waals surface area (Å²) in [5.74, 6) is 0.749. The zero-order chi connectivity index (χ0) is 20.1. The molecule has 1 fully saturated rings. The lowest BCUT2D eigenvalue weighted by atomic mass is 10.2. The van der Waals surface area contributed by atoms with Gasteiger partial charge in [0.15, 0.2) is 5.17 Å². The molecule has 4 rings (SSSR count). The minimum absolute atomic E-state index is 0.0376. The van der Waals surface area contributed by atoms with Gasteiger partial charge in [0.1, 0.15) is 5.75 Å². The average molecular weight is 401 g/mol. The van der Waals surface area contributed by atoms with Crippen molar-refractivity contribution in [1.29, 1.82) is 0 Å². The van der Waals surface area contributed by atoms with Gasteiger partial charge in [-0.05, 0) is 53.2 Å². The maximum Gasteiger partial charge on any atom is 0.267 e. The molecular weight excluding hydrogens is 380 g/mol. The number of ether oxygens (including phenoxy) is 1. The number of rotatable bonds is 5. The molecule has 0 N–H and O–H groups in total. The molecule has 0 saturated carbocycles. The average Bonchev–Trinajstić information content (AvgIpc) is 3.04. The zero-order valence-electron chi connectivity index (χ0n) is 16.0. The molecule has 1 saturated heterocycles. The van der Waals surface area contributed by atoms with Crippen LogP contribution in [0.2, 0.25) is 0 Å². The van der Waals surface area contributed by atoms with Gasteiger partial charge in [0, 0.05) is 0 Å². The maximum absolute atomic E-state index is 13.2. The van der Waals surface area contributed by atoms with E-state index < -0.39 is 0 Å². The van der Waals surface area contributed by atoms with Crippen LogP contribution >= 0.6 is 11.8 Å². The summed E-state index contributed by atoms with van der Waals surface area (Å²) in [5, 5.41) is 0.685. The standard InChI is InChI=1S/C24H20N2O2S/c1-28-21-14-12-18(13-15-21)16-22-23(27)26(17-19-8-4-2-5-9-19)24(29-22)25-20-10-6-3-7-11-20/h2-16H,17H2,1H3/b22-16+,25-24?. The number of benzene rings is 3. The Kier molecular flexibility index (Phi) is 5.77. The Morgan fingerprint density at radius 1 is 0.931 bits per heavy atom. The van der Waals surface area contributed by atoms with E-state index in [-0.39, 0.29) is 5.91 Å². The highest BCUT2D eigenvalue weighted by molar-refractivity contribution is 8.18. The summed E-state index contributed by atoms with van der Waals surface area (Å²) in [5.41, 5.74) is 2.83. The Labute approximate surface area is 174 Å². The first-order valence-electron chi connectivity index (χ1n) is 9.26. The monoisotopic (exact) mass is 400 g/mol. The minimum Gasteiger partial charge on any atom is -0.497 e. The van der Waals surface area contributed by atoms with Crippen LogP contribution in [-0.4, -0.2) is 23.1 Å². The number of aliphatic imine (C=N–C) groups is 1. The van der Waals surface area contributed by atoms with Gasteiger partial charge >= 0.3 is 0 Å². The second kappa shape index (κ2) is 8.80. The summed E-state index contributed by atoms with van der Waals surface area (Å²) in [6.07, 6.45) is 1.90. The van der Waals surface area contributed by atoms with E-state index in [2.05, 4.69) is 0 Å². The second-order valence-corrected chi connectivity index (χ2v) is 7.50. The van der Waals surface area contributed by atoms with Crippen molar-refractivity contribution in [3.8, 4) is 5.75 Å². The van der Waals surface area contributed by atoms with Crippen LogP contribution in [0.3, 0.4) is 0 Å². The van der Waals surface area contributed by atoms with E-state index in [9.17, 15) is 4.79 Å². The van der Waals surface area contributed by atoms with Crippen molar-refractivity contribution >= 4 is 34.6 Å². The molecule has 0 aromatic heterocycles.